The lowest BCUT2D eigenvalue weighted by atomic mass is 10.3. The van der Waals surface area contributed by atoms with E-state index in [-0.39, 0.29) is 5.75 Å². The molecular formula is C9H11ClO3. The summed E-state index contributed by atoms with van der Waals surface area (Å²) in [7, 11) is 3.27. The maximum atomic E-state index is 8.57. The summed E-state index contributed by atoms with van der Waals surface area (Å²) in [6, 6.07) is 7.47. The van der Waals surface area contributed by atoms with Crippen LogP contribution in [0.3, 0.4) is 0 Å². The Morgan fingerprint density at radius 2 is 1.62 bits per heavy atom. The first kappa shape index (κ1) is 11.8. The van der Waals surface area contributed by atoms with Crippen LogP contribution in [0.1, 0.15) is 0 Å². The molecule has 1 rings (SSSR count). The summed E-state index contributed by atoms with van der Waals surface area (Å²) in [6.07, 6.45) is 0. The molecule has 0 N–H and O–H groups in total. The minimum Gasteiger partial charge on any atom is -0.497 e. The quantitative estimate of drug-likeness (QED) is 0.545. The summed E-state index contributed by atoms with van der Waals surface area (Å²) in [4.78, 5) is 8.57. The van der Waals surface area contributed by atoms with Gasteiger partial charge in [0.15, 0.2) is 0 Å². The Labute approximate surface area is 82.2 Å². The van der Waals surface area contributed by atoms with Crippen LogP contribution in [0, 0.1) is 0 Å². The predicted molar refractivity (Wildman–Crippen MR) is 52.1 cm³/mol. The lowest BCUT2D eigenvalue weighted by Crippen LogP contribution is -1.84. The Hall–Kier alpha value is -1.22. The third-order valence-electron chi connectivity index (χ3n) is 1.28. The van der Waals surface area contributed by atoms with Gasteiger partial charge in [0, 0.05) is 6.07 Å². The van der Waals surface area contributed by atoms with Crippen molar-refractivity contribution in [3.63, 3.8) is 0 Å². The number of ether oxygens (including phenoxy) is 2. The van der Waals surface area contributed by atoms with E-state index in [0.717, 1.165) is 11.5 Å². The highest BCUT2D eigenvalue weighted by Crippen LogP contribution is 2.17. The summed E-state index contributed by atoms with van der Waals surface area (Å²) in [5.41, 5.74) is 0. The fourth-order valence-electron chi connectivity index (χ4n) is 0.728. The molecule has 0 saturated carbocycles. The van der Waals surface area contributed by atoms with Gasteiger partial charge in [0.1, 0.15) is 11.5 Å². The van der Waals surface area contributed by atoms with Crippen molar-refractivity contribution >= 4 is 17.3 Å². The van der Waals surface area contributed by atoms with Gasteiger partial charge in [0.25, 0.3) is 0 Å². The lowest BCUT2D eigenvalue weighted by molar-refractivity contribution is 0.394. The van der Waals surface area contributed by atoms with Crippen molar-refractivity contribution in [2.24, 2.45) is 0 Å². The van der Waals surface area contributed by atoms with E-state index in [1.165, 1.54) is 0 Å². The van der Waals surface area contributed by atoms with E-state index in [4.69, 9.17) is 14.3 Å². The maximum absolute atomic E-state index is 8.57. The number of halogens is 1. The van der Waals surface area contributed by atoms with Crippen molar-refractivity contribution in [2.75, 3.05) is 14.2 Å². The van der Waals surface area contributed by atoms with Crippen LogP contribution in [0.2, 0.25) is 0 Å². The molecule has 1 aromatic carbocycles. The molecule has 0 aromatic heterocycles. The van der Waals surface area contributed by atoms with Gasteiger partial charge in [-0.2, -0.15) is 0 Å². The van der Waals surface area contributed by atoms with Gasteiger partial charge >= 0.3 is 0 Å². The largest absolute Gasteiger partial charge is 0.497 e. The Morgan fingerprint density at radius 1 is 1.23 bits per heavy atom. The Bertz CT molecular complexity index is 231. The summed E-state index contributed by atoms with van der Waals surface area (Å²) in [6.45, 7) is 0. The van der Waals surface area contributed by atoms with E-state index < -0.39 is 0 Å². The molecule has 0 saturated heterocycles. The van der Waals surface area contributed by atoms with Gasteiger partial charge < -0.3 is 9.47 Å². The van der Waals surface area contributed by atoms with E-state index >= 15 is 0 Å². The Kier molecular flexibility index (Phi) is 6.73. The van der Waals surface area contributed by atoms with E-state index in [9.17, 15) is 0 Å². The van der Waals surface area contributed by atoms with Crippen LogP contribution in [-0.2, 0) is 4.79 Å². The molecule has 0 aliphatic carbocycles. The Balaban J connectivity index is 0.000000424. The van der Waals surface area contributed by atoms with Crippen molar-refractivity contribution in [3.05, 3.63) is 24.3 Å². The zero-order valence-electron chi connectivity index (χ0n) is 7.49. The molecule has 0 atom stereocenters. The molecule has 1 aromatic rings. The van der Waals surface area contributed by atoms with Crippen LogP contribution >= 0.6 is 11.6 Å². The van der Waals surface area contributed by atoms with Gasteiger partial charge in [-0.15, -0.1) is 0 Å². The molecule has 72 valence electrons. The average Bonchev–Trinajstić information content (AvgIpc) is 2.19. The summed E-state index contributed by atoms with van der Waals surface area (Å²) in [5.74, 6) is 1.86. The zero-order chi connectivity index (χ0) is 10.1. The van der Waals surface area contributed by atoms with Gasteiger partial charge in [0.05, 0.1) is 14.2 Å². The number of benzene rings is 1. The zero-order valence-corrected chi connectivity index (χ0v) is 8.25. The van der Waals surface area contributed by atoms with E-state index in [1.54, 1.807) is 14.2 Å². The van der Waals surface area contributed by atoms with Crippen molar-refractivity contribution in [3.8, 4) is 11.5 Å². The van der Waals surface area contributed by atoms with Crippen LogP contribution in [0.25, 0.3) is 0 Å². The molecule has 0 amide bonds. The molecule has 0 aliphatic heterocycles. The second-order valence-electron chi connectivity index (χ2n) is 1.97. The van der Waals surface area contributed by atoms with Gasteiger partial charge in [-0.05, 0) is 23.7 Å². The second kappa shape index (κ2) is 7.43. The van der Waals surface area contributed by atoms with Crippen LogP contribution in [0.4, 0.5) is 0 Å². The molecule has 4 heteroatoms. The van der Waals surface area contributed by atoms with Gasteiger partial charge in [0.2, 0.25) is 5.75 Å². The molecular weight excluding hydrogens is 192 g/mol. The molecule has 3 nitrogen and oxygen atoms in total. The SMILES string of the molecule is COc1cccc(OC)c1.O=CCl. The molecule has 0 heterocycles. The topological polar surface area (TPSA) is 35.5 Å². The fraction of sp³-hybridized carbons (Fsp3) is 0.222. The van der Waals surface area contributed by atoms with E-state index in [2.05, 4.69) is 11.6 Å². The first-order valence-electron chi connectivity index (χ1n) is 3.50. The highest BCUT2D eigenvalue weighted by molar-refractivity contribution is 6.54. The monoisotopic (exact) mass is 202 g/mol. The number of carbonyl (C=O) groups excluding carboxylic acids is 1. The summed E-state index contributed by atoms with van der Waals surface area (Å²) >= 11 is 4.32. The first-order chi connectivity index (χ1) is 6.28. The first-order valence-corrected chi connectivity index (χ1v) is 3.94. The van der Waals surface area contributed by atoms with Crippen LogP contribution < -0.4 is 9.47 Å². The van der Waals surface area contributed by atoms with E-state index in [0.29, 0.717) is 0 Å². The molecule has 0 spiro atoms. The lowest BCUT2D eigenvalue weighted by Gasteiger charge is -2.01. The highest BCUT2D eigenvalue weighted by atomic mass is 35.5. The van der Waals surface area contributed by atoms with Gasteiger partial charge in [-0.25, -0.2) is 0 Å². The average molecular weight is 203 g/mol. The third-order valence-corrected chi connectivity index (χ3v) is 1.28. The van der Waals surface area contributed by atoms with Crippen molar-refractivity contribution in [1.82, 2.24) is 0 Å². The smallest absolute Gasteiger partial charge is 0.208 e. The van der Waals surface area contributed by atoms with Crippen molar-refractivity contribution in [2.45, 2.75) is 0 Å². The Morgan fingerprint density at radius 3 is 1.92 bits per heavy atom. The molecule has 0 fully saturated rings. The van der Waals surface area contributed by atoms with Crippen LogP contribution in [0.5, 0.6) is 11.5 Å². The van der Waals surface area contributed by atoms with Gasteiger partial charge in [-0.1, -0.05) is 6.07 Å². The minimum absolute atomic E-state index is 0.222. The highest BCUT2D eigenvalue weighted by Gasteiger charge is 1.91. The van der Waals surface area contributed by atoms with Gasteiger partial charge in [-0.3, -0.25) is 4.79 Å². The number of carbonyl (C=O) groups is 1. The summed E-state index contributed by atoms with van der Waals surface area (Å²) in [5, 5.41) is 0. The molecule has 0 bridgehead atoms. The fourth-order valence-corrected chi connectivity index (χ4v) is 0.728. The number of methoxy groups -OCH3 is 2. The van der Waals surface area contributed by atoms with Crippen molar-refractivity contribution in [1.29, 1.82) is 0 Å². The number of hydrogen-bond acceptors (Lipinski definition) is 3. The third kappa shape index (κ3) is 5.09. The molecule has 0 aliphatic rings. The molecule has 13 heavy (non-hydrogen) atoms. The molecule has 0 unspecified atom stereocenters. The number of hydrogen-bond donors (Lipinski definition) is 0. The summed E-state index contributed by atoms with van der Waals surface area (Å²) < 4.78 is 9.95. The normalized spacial score (nSPS) is 7.92. The van der Waals surface area contributed by atoms with Crippen molar-refractivity contribution < 1.29 is 14.3 Å². The maximum Gasteiger partial charge on any atom is 0.208 e. The van der Waals surface area contributed by atoms with Crippen LogP contribution in [-0.4, -0.2) is 20.0 Å². The molecule has 0 radical (unpaired) electrons. The number of rotatable bonds is 2. The second-order valence-corrected chi connectivity index (χ2v) is 2.15. The van der Waals surface area contributed by atoms with Crippen LogP contribution in [0.15, 0.2) is 24.3 Å². The van der Waals surface area contributed by atoms with E-state index in [1.807, 2.05) is 24.3 Å². The minimum atomic E-state index is 0.222. The standard InChI is InChI=1S/C8H10O2.CHClO/c1-9-7-4-3-5-8(6-7)10-2;2-1-3/h3-6H,1-2H3;1H. The predicted octanol–water partition coefficient (Wildman–Crippen LogP) is 2.12.